The van der Waals surface area contributed by atoms with Crippen LogP contribution in [0, 0.1) is 11.7 Å². The van der Waals surface area contributed by atoms with E-state index in [9.17, 15) is 4.39 Å². The van der Waals surface area contributed by atoms with Crippen molar-refractivity contribution in [2.24, 2.45) is 5.92 Å². The lowest BCUT2D eigenvalue weighted by Crippen LogP contribution is -2.18. The molecule has 0 spiro atoms. The number of rotatable bonds is 5. The first-order valence-corrected chi connectivity index (χ1v) is 7.78. The van der Waals surface area contributed by atoms with Crippen LogP contribution < -0.4 is 5.32 Å². The second-order valence-corrected chi connectivity index (χ2v) is 6.52. The average Bonchev–Trinajstić information content (AvgIpc) is 3.03. The van der Waals surface area contributed by atoms with Crippen molar-refractivity contribution < 1.29 is 8.81 Å². The van der Waals surface area contributed by atoms with E-state index in [1.54, 1.807) is 18.3 Å². The molecule has 0 saturated heterocycles. The largest absolute Gasteiger partial charge is 0.438 e. The molecule has 0 bridgehead atoms. The summed E-state index contributed by atoms with van der Waals surface area (Å²) in [6.07, 6.45) is 1.73. The number of aromatic nitrogens is 1. The Kier molecular flexibility index (Phi) is 4.03. The molecule has 110 valence electrons. The van der Waals surface area contributed by atoms with Gasteiger partial charge in [-0.25, -0.2) is 9.37 Å². The Morgan fingerprint density at radius 2 is 2.19 bits per heavy atom. The zero-order valence-corrected chi connectivity index (χ0v) is 12.8. The molecule has 5 heteroatoms. The Balaban J connectivity index is 1.78. The van der Waals surface area contributed by atoms with Gasteiger partial charge in [-0.05, 0) is 36.0 Å². The van der Waals surface area contributed by atoms with Gasteiger partial charge in [-0.1, -0.05) is 19.9 Å². The first-order valence-electron chi connectivity index (χ1n) is 6.96. The highest BCUT2D eigenvalue weighted by molar-refractivity contribution is 7.22. The zero-order valence-electron chi connectivity index (χ0n) is 12.0. The minimum atomic E-state index is -0.216. The van der Waals surface area contributed by atoms with Crippen molar-refractivity contribution in [2.75, 3.05) is 6.54 Å². The molecule has 0 amide bonds. The molecule has 2 aromatic heterocycles. The minimum absolute atomic E-state index is 0.216. The summed E-state index contributed by atoms with van der Waals surface area (Å²) in [7, 11) is 0. The predicted molar refractivity (Wildman–Crippen MR) is 83.8 cm³/mol. The Bertz CT molecular complexity index is 748. The fourth-order valence-electron chi connectivity index (χ4n) is 2.10. The summed E-state index contributed by atoms with van der Waals surface area (Å²) in [6, 6.07) is 6.81. The highest BCUT2D eigenvalue weighted by Gasteiger charge is 2.10. The third-order valence-electron chi connectivity index (χ3n) is 3.11. The number of oxazole rings is 1. The van der Waals surface area contributed by atoms with E-state index in [1.165, 1.54) is 17.4 Å². The van der Waals surface area contributed by atoms with Crippen molar-refractivity contribution in [1.29, 1.82) is 0 Å². The molecule has 1 N–H and O–H groups in total. The van der Waals surface area contributed by atoms with E-state index in [0.717, 1.165) is 27.3 Å². The number of benzene rings is 1. The van der Waals surface area contributed by atoms with E-state index in [4.69, 9.17) is 4.42 Å². The van der Waals surface area contributed by atoms with Crippen LogP contribution in [-0.4, -0.2) is 11.5 Å². The van der Waals surface area contributed by atoms with Gasteiger partial charge in [0.05, 0.1) is 17.6 Å². The molecule has 3 rings (SSSR count). The van der Waals surface area contributed by atoms with E-state index < -0.39 is 0 Å². The van der Waals surface area contributed by atoms with E-state index >= 15 is 0 Å². The van der Waals surface area contributed by atoms with E-state index in [2.05, 4.69) is 24.1 Å². The second-order valence-electron chi connectivity index (χ2n) is 5.44. The van der Waals surface area contributed by atoms with Crippen LogP contribution >= 0.6 is 11.3 Å². The number of nitrogens with one attached hydrogen (secondary N) is 1. The average molecular weight is 304 g/mol. The van der Waals surface area contributed by atoms with Crippen LogP contribution in [0.1, 0.15) is 19.7 Å². The van der Waals surface area contributed by atoms with Crippen LogP contribution in [0.4, 0.5) is 4.39 Å². The highest BCUT2D eigenvalue weighted by Crippen LogP contribution is 2.34. The molecule has 1 aromatic carbocycles. The van der Waals surface area contributed by atoms with Gasteiger partial charge in [-0.3, -0.25) is 0 Å². The number of nitrogens with zero attached hydrogens (tertiary/aromatic N) is 1. The van der Waals surface area contributed by atoms with Gasteiger partial charge in [0.15, 0.2) is 5.76 Å². The first kappa shape index (κ1) is 14.2. The molecule has 0 aliphatic rings. The quantitative estimate of drug-likeness (QED) is 0.757. The zero-order chi connectivity index (χ0) is 14.8. The Morgan fingerprint density at radius 3 is 3.00 bits per heavy atom. The molecule has 2 heterocycles. The molecule has 0 unspecified atom stereocenters. The molecule has 0 fully saturated rings. The van der Waals surface area contributed by atoms with Crippen molar-refractivity contribution in [2.45, 2.75) is 20.4 Å². The van der Waals surface area contributed by atoms with Gasteiger partial charge in [-0.15, -0.1) is 11.3 Å². The summed E-state index contributed by atoms with van der Waals surface area (Å²) < 4.78 is 19.9. The van der Waals surface area contributed by atoms with Crippen LogP contribution in [0.5, 0.6) is 0 Å². The standard InChI is InChI=1S/C16H17FN2OS/c1-10(2)7-18-9-16-19-8-13(20-16)15-5-11-3-4-12(17)6-14(11)21-15/h3-6,8,10,18H,7,9H2,1-2H3. The van der Waals surface area contributed by atoms with Gasteiger partial charge in [-0.2, -0.15) is 0 Å². The van der Waals surface area contributed by atoms with Crippen molar-refractivity contribution in [3.63, 3.8) is 0 Å². The van der Waals surface area contributed by atoms with E-state index in [1.807, 2.05) is 6.07 Å². The van der Waals surface area contributed by atoms with Crippen molar-refractivity contribution in [1.82, 2.24) is 10.3 Å². The molecule has 0 saturated carbocycles. The van der Waals surface area contributed by atoms with Gasteiger partial charge in [0.1, 0.15) is 5.82 Å². The fourth-order valence-corrected chi connectivity index (χ4v) is 3.13. The van der Waals surface area contributed by atoms with Crippen LogP contribution in [0.2, 0.25) is 0 Å². The summed E-state index contributed by atoms with van der Waals surface area (Å²) >= 11 is 1.51. The summed E-state index contributed by atoms with van der Waals surface area (Å²) in [6.45, 7) is 5.87. The predicted octanol–water partition coefficient (Wildman–Crippen LogP) is 4.44. The van der Waals surface area contributed by atoms with Gasteiger partial charge >= 0.3 is 0 Å². The lowest BCUT2D eigenvalue weighted by molar-refractivity contribution is 0.459. The number of halogens is 1. The minimum Gasteiger partial charge on any atom is -0.438 e. The Labute approximate surface area is 126 Å². The summed E-state index contributed by atoms with van der Waals surface area (Å²) in [5.41, 5.74) is 0. The molecule has 0 atom stereocenters. The first-order chi connectivity index (χ1) is 10.1. The molecule has 0 radical (unpaired) electrons. The van der Waals surface area contributed by atoms with Gasteiger partial charge < -0.3 is 9.73 Å². The van der Waals surface area contributed by atoms with Gasteiger partial charge in [0.25, 0.3) is 0 Å². The third kappa shape index (κ3) is 3.31. The monoisotopic (exact) mass is 304 g/mol. The molecule has 21 heavy (non-hydrogen) atoms. The summed E-state index contributed by atoms with van der Waals surface area (Å²) in [5.74, 6) is 1.79. The molecular weight excluding hydrogens is 287 g/mol. The maximum absolute atomic E-state index is 13.2. The topological polar surface area (TPSA) is 38.1 Å². The van der Waals surface area contributed by atoms with E-state index in [0.29, 0.717) is 18.4 Å². The normalized spacial score (nSPS) is 11.6. The van der Waals surface area contributed by atoms with Gasteiger partial charge in [0, 0.05) is 4.70 Å². The SMILES string of the molecule is CC(C)CNCc1ncc(-c2cc3ccc(F)cc3s2)o1. The third-order valence-corrected chi connectivity index (χ3v) is 4.22. The van der Waals surface area contributed by atoms with Crippen molar-refractivity contribution >= 4 is 21.4 Å². The molecular formula is C16H17FN2OS. The molecule has 0 aliphatic carbocycles. The second kappa shape index (κ2) is 5.95. The highest BCUT2D eigenvalue weighted by atomic mass is 32.1. The molecule has 0 aliphatic heterocycles. The van der Waals surface area contributed by atoms with Gasteiger partial charge in [0.2, 0.25) is 5.89 Å². The lowest BCUT2D eigenvalue weighted by Gasteiger charge is -2.04. The lowest BCUT2D eigenvalue weighted by atomic mass is 10.2. The molecule has 3 aromatic rings. The summed E-state index contributed by atoms with van der Waals surface area (Å²) in [5, 5.41) is 4.32. The van der Waals surface area contributed by atoms with Crippen molar-refractivity contribution in [3.8, 4) is 10.6 Å². The summed E-state index contributed by atoms with van der Waals surface area (Å²) in [4.78, 5) is 5.25. The fraction of sp³-hybridized carbons (Fsp3) is 0.312. The molecule has 3 nitrogen and oxygen atoms in total. The van der Waals surface area contributed by atoms with Crippen LogP contribution in [0.15, 0.2) is 34.9 Å². The van der Waals surface area contributed by atoms with E-state index in [-0.39, 0.29) is 5.82 Å². The number of thiophene rings is 1. The number of hydrogen-bond acceptors (Lipinski definition) is 4. The smallest absolute Gasteiger partial charge is 0.208 e. The van der Waals surface area contributed by atoms with Crippen LogP contribution in [0.3, 0.4) is 0 Å². The number of hydrogen-bond donors (Lipinski definition) is 1. The maximum Gasteiger partial charge on any atom is 0.208 e. The van der Waals surface area contributed by atoms with Crippen LogP contribution in [0.25, 0.3) is 20.7 Å². The van der Waals surface area contributed by atoms with Crippen molar-refractivity contribution in [3.05, 3.63) is 42.2 Å². The maximum atomic E-state index is 13.2. The van der Waals surface area contributed by atoms with Crippen LogP contribution in [-0.2, 0) is 6.54 Å². The number of fused-ring (bicyclic) bond motifs is 1. The Morgan fingerprint density at radius 1 is 1.33 bits per heavy atom. The Hall–Kier alpha value is -1.72.